The van der Waals surface area contributed by atoms with Crippen LogP contribution >= 0.6 is 11.3 Å². The molecule has 150 valence electrons. The average Bonchev–Trinajstić information content (AvgIpc) is 3.31. The highest BCUT2D eigenvalue weighted by molar-refractivity contribution is 7.13. The molecule has 2 aromatic carbocycles. The molecule has 0 aliphatic carbocycles. The SMILES string of the molecule is O=C(CCCOC(=O)c1cc(-c2cccs2)nc2ccccc12)c1ccc(F)cc1. The summed E-state index contributed by atoms with van der Waals surface area (Å²) in [7, 11) is 0. The van der Waals surface area contributed by atoms with Crippen LogP contribution in [0.5, 0.6) is 0 Å². The summed E-state index contributed by atoms with van der Waals surface area (Å²) in [4.78, 5) is 30.5. The molecule has 0 amide bonds. The summed E-state index contributed by atoms with van der Waals surface area (Å²) in [5.74, 6) is -0.937. The van der Waals surface area contributed by atoms with Gasteiger partial charge in [-0.2, -0.15) is 0 Å². The van der Waals surface area contributed by atoms with Gasteiger partial charge in [0.15, 0.2) is 5.78 Å². The zero-order chi connectivity index (χ0) is 20.9. The van der Waals surface area contributed by atoms with E-state index in [2.05, 4.69) is 4.98 Å². The topological polar surface area (TPSA) is 56.3 Å². The second-order valence-corrected chi connectivity index (χ2v) is 7.67. The Morgan fingerprint density at radius 2 is 1.80 bits per heavy atom. The summed E-state index contributed by atoms with van der Waals surface area (Å²) in [5, 5.41) is 2.69. The molecule has 30 heavy (non-hydrogen) atoms. The number of hydrogen-bond donors (Lipinski definition) is 0. The molecule has 0 aliphatic rings. The number of benzene rings is 2. The third-order valence-corrected chi connectivity index (χ3v) is 5.55. The fourth-order valence-corrected chi connectivity index (χ4v) is 3.84. The Kier molecular flexibility index (Phi) is 5.95. The van der Waals surface area contributed by atoms with E-state index < -0.39 is 5.97 Å². The number of esters is 1. The van der Waals surface area contributed by atoms with Crippen molar-refractivity contribution in [3.05, 3.63) is 89.1 Å². The number of carbonyl (C=O) groups excluding carboxylic acids is 2. The molecule has 4 nitrogen and oxygen atoms in total. The molecule has 0 N–H and O–H groups in total. The molecule has 4 aromatic rings. The normalized spacial score (nSPS) is 10.8. The lowest BCUT2D eigenvalue weighted by molar-refractivity contribution is 0.0496. The van der Waals surface area contributed by atoms with Gasteiger partial charge in [0.05, 0.1) is 28.3 Å². The lowest BCUT2D eigenvalue weighted by Crippen LogP contribution is -2.09. The molecule has 0 unspecified atom stereocenters. The average molecular weight is 419 g/mol. The third-order valence-electron chi connectivity index (χ3n) is 4.66. The summed E-state index contributed by atoms with van der Waals surface area (Å²) in [6.07, 6.45) is 0.610. The molecular weight excluding hydrogens is 401 g/mol. The molecular formula is C24H18FNO3S. The van der Waals surface area contributed by atoms with Crippen molar-refractivity contribution < 1.29 is 18.7 Å². The lowest BCUT2D eigenvalue weighted by atomic mass is 10.1. The number of nitrogens with zero attached hydrogens (tertiary/aromatic N) is 1. The predicted molar refractivity (Wildman–Crippen MR) is 115 cm³/mol. The number of thiophene rings is 1. The van der Waals surface area contributed by atoms with Gasteiger partial charge in [-0.05, 0) is 54.3 Å². The van der Waals surface area contributed by atoms with Crippen LogP contribution in [0.4, 0.5) is 4.39 Å². The standard InChI is InChI=1S/C24H18FNO3S/c25-17-11-9-16(10-12-17)22(27)7-3-13-29-24(28)19-15-21(23-8-4-14-30-23)26-20-6-2-1-5-18(19)20/h1-2,4-6,8-12,14-15H,3,7,13H2. The maximum atomic E-state index is 13.0. The van der Waals surface area contributed by atoms with E-state index >= 15 is 0 Å². The molecule has 2 heterocycles. The third kappa shape index (κ3) is 4.44. The second-order valence-electron chi connectivity index (χ2n) is 6.72. The van der Waals surface area contributed by atoms with Gasteiger partial charge in [-0.15, -0.1) is 11.3 Å². The van der Waals surface area contributed by atoms with Crippen molar-refractivity contribution in [3.8, 4) is 10.6 Å². The van der Waals surface area contributed by atoms with Gasteiger partial charge in [-0.3, -0.25) is 4.79 Å². The molecule has 6 heteroatoms. The second kappa shape index (κ2) is 8.97. The maximum Gasteiger partial charge on any atom is 0.338 e. The fraction of sp³-hybridized carbons (Fsp3) is 0.125. The van der Waals surface area contributed by atoms with Crippen LogP contribution in [0.1, 0.15) is 33.6 Å². The Bertz CT molecular complexity index is 1190. The van der Waals surface area contributed by atoms with E-state index in [0.717, 1.165) is 21.5 Å². The highest BCUT2D eigenvalue weighted by Gasteiger charge is 2.16. The van der Waals surface area contributed by atoms with Crippen LogP contribution in [0.3, 0.4) is 0 Å². The van der Waals surface area contributed by atoms with Crippen LogP contribution in [0, 0.1) is 5.82 Å². The molecule has 0 bridgehead atoms. The molecule has 4 rings (SSSR count). The summed E-state index contributed by atoms with van der Waals surface area (Å²) in [6, 6.07) is 18.5. The number of ether oxygens (including phenoxy) is 1. The van der Waals surface area contributed by atoms with E-state index in [1.165, 1.54) is 24.3 Å². The number of Topliss-reactive ketones (excluding diaryl/α,β-unsaturated/α-hetero) is 1. The number of pyridine rings is 1. The minimum atomic E-state index is -0.444. The number of ketones is 1. The molecule has 0 saturated heterocycles. The van der Waals surface area contributed by atoms with Gasteiger partial charge in [-0.25, -0.2) is 14.2 Å². The van der Waals surface area contributed by atoms with Gasteiger partial charge in [0.2, 0.25) is 0 Å². The van der Waals surface area contributed by atoms with Crippen molar-refractivity contribution in [1.82, 2.24) is 4.98 Å². The summed E-state index contributed by atoms with van der Waals surface area (Å²) in [5.41, 5.74) is 2.35. The van der Waals surface area contributed by atoms with Crippen molar-refractivity contribution in [1.29, 1.82) is 0 Å². The minimum Gasteiger partial charge on any atom is -0.462 e. The Morgan fingerprint density at radius 1 is 1.00 bits per heavy atom. The number of aromatic nitrogens is 1. The molecule has 0 aliphatic heterocycles. The van der Waals surface area contributed by atoms with E-state index in [9.17, 15) is 14.0 Å². The van der Waals surface area contributed by atoms with Crippen molar-refractivity contribution in [2.45, 2.75) is 12.8 Å². The first-order valence-corrected chi connectivity index (χ1v) is 10.4. The highest BCUT2D eigenvalue weighted by atomic mass is 32.1. The predicted octanol–water partition coefficient (Wildman–Crippen LogP) is 5.92. The summed E-state index contributed by atoms with van der Waals surface area (Å²) in [6.45, 7) is 0.122. The molecule has 0 radical (unpaired) electrons. The number of fused-ring (bicyclic) bond motifs is 1. The zero-order valence-electron chi connectivity index (χ0n) is 16.0. The van der Waals surface area contributed by atoms with Crippen molar-refractivity contribution in [2.75, 3.05) is 6.61 Å². The van der Waals surface area contributed by atoms with E-state index in [1.807, 2.05) is 41.8 Å². The highest BCUT2D eigenvalue weighted by Crippen LogP contribution is 2.28. The van der Waals surface area contributed by atoms with Gasteiger partial charge in [0.25, 0.3) is 0 Å². The maximum absolute atomic E-state index is 13.0. The number of para-hydroxylation sites is 1. The molecule has 0 saturated carbocycles. The first-order valence-electron chi connectivity index (χ1n) is 9.51. The van der Waals surface area contributed by atoms with Gasteiger partial charge in [-0.1, -0.05) is 24.3 Å². The van der Waals surface area contributed by atoms with Crippen LogP contribution in [-0.2, 0) is 4.74 Å². The van der Waals surface area contributed by atoms with Gasteiger partial charge < -0.3 is 4.74 Å². The van der Waals surface area contributed by atoms with E-state index in [-0.39, 0.29) is 24.6 Å². The Balaban J connectivity index is 1.44. The number of rotatable bonds is 7. The number of halogens is 1. The first kappa shape index (κ1) is 19.9. The molecule has 0 atom stereocenters. The number of hydrogen-bond acceptors (Lipinski definition) is 5. The van der Waals surface area contributed by atoms with Gasteiger partial charge >= 0.3 is 5.97 Å². The minimum absolute atomic E-state index is 0.111. The first-order chi connectivity index (χ1) is 14.6. The van der Waals surface area contributed by atoms with Crippen LogP contribution in [0.15, 0.2) is 72.1 Å². The van der Waals surface area contributed by atoms with E-state index in [0.29, 0.717) is 17.5 Å². The summed E-state index contributed by atoms with van der Waals surface area (Å²) >= 11 is 1.55. The van der Waals surface area contributed by atoms with Crippen molar-refractivity contribution in [3.63, 3.8) is 0 Å². The largest absolute Gasteiger partial charge is 0.462 e. The van der Waals surface area contributed by atoms with Gasteiger partial charge in [0.1, 0.15) is 5.82 Å². The summed E-state index contributed by atoms with van der Waals surface area (Å²) < 4.78 is 18.4. The fourth-order valence-electron chi connectivity index (χ4n) is 3.15. The molecule has 0 spiro atoms. The molecule has 0 fully saturated rings. The Labute approximate surface area is 177 Å². The van der Waals surface area contributed by atoms with Crippen LogP contribution in [0.25, 0.3) is 21.5 Å². The monoisotopic (exact) mass is 419 g/mol. The Morgan fingerprint density at radius 3 is 2.57 bits per heavy atom. The van der Waals surface area contributed by atoms with Gasteiger partial charge in [0, 0.05) is 17.4 Å². The van der Waals surface area contributed by atoms with Crippen LogP contribution < -0.4 is 0 Å². The van der Waals surface area contributed by atoms with Crippen molar-refractivity contribution in [2.24, 2.45) is 0 Å². The Hall–Kier alpha value is -3.38. The lowest BCUT2D eigenvalue weighted by Gasteiger charge is -2.09. The molecule has 2 aromatic heterocycles. The number of carbonyl (C=O) groups is 2. The van der Waals surface area contributed by atoms with E-state index in [1.54, 1.807) is 17.4 Å². The van der Waals surface area contributed by atoms with Crippen LogP contribution in [0.2, 0.25) is 0 Å². The van der Waals surface area contributed by atoms with Crippen molar-refractivity contribution >= 4 is 34.0 Å². The quantitative estimate of drug-likeness (QED) is 0.212. The smallest absolute Gasteiger partial charge is 0.338 e. The van der Waals surface area contributed by atoms with E-state index in [4.69, 9.17) is 4.74 Å². The van der Waals surface area contributed by atoms with Crippen LogP contribution in [-0.4, -0.2) is 23.3 Å². The zero-order valence-corrected chi connectivity index (χ0v) is 16.8.